The quantitative estimate of drug-likeness (QED) is 0.593. The van der Waals surface area contributed by atoms with E-state index in [0.717, 1.165) is 26.1 Å². The van der Waals surface area contributed by atoms with Crippen molar-refractivity contribution in [2.45, 2.75) is 19.4 Å². The Morgan fingerprint density at radius 1 is 1.47 bits per heavy atom. The maximum atomic E-state index is 11.6. The van der Waals surface area contributed by atoms with Crippen LogP contribution in [0.3, 0.4) is 0 Å². The highest BCUT2D eigenvalue weighted by Gasteiger charge is 2.23. The van der Waals surface area contributed by atoms with Crippen LogP contribution >= 0.6 is 0 Å². The van der Waals surface area contributed by atoms with Crippen LogP contribution in [0.2, 0.25) is 0 Å². The van der Waals surface area contributed by atoms with E-state index >= 15 is 0 Å². The fourth-order valence-corrected chi connectivity index (χ4v) is 2.96. The summed E-state index contributed by atoms with van der Waals surface area (Å²) in [5, 5.41) is 3.01. The van der Waals surface area contributed by atoms with Gasteiger partial charge in [-0.3, -0.25) is 0 Å². The van der Waals surface area contributed by atoms with E-state index in [2.05, 4.69) is 14.9 Å². The first-order valence-electron chi connectivity index (χ1n) is 5.43. The molecule has 1 unspecified atom stereocenters. The van der Waals surface area contributed by atoms with E-state index in [-0.39, 0.29) is 11.8 Å². The van der Waals surface area contributed by atoms with Crippen molar-refractivity contribution in [2.75, 3.05) is 39.0 Å². The largest absolute Gasteiger partial charge is 0.316 e. The van der Waals surface area contributed by atoms with Gasteiger partial charge in [-0.05, 0) is 26.6 Å². The zero-order valence-corrected chi connectivity index (χ0v) is 10.3. The molecule has 0 saturated carbocycles. The number of nitrogens with one attached hydrogen (secondary N) is 2. The van der Waals surface area contributed by atoms with Crippen LogP contribution in [0.5, 0.6) is 0 Å². The first-order chi connectivity index (χ1) is 7.03. The van der Waals surface area contributed by atoms with Crippen LogP contribution in [-0.2, 0) is 10.0 Å². The zero-order chi connectivity index (χ0) is 11.3. The van der Waals surface area contributed by atoms with Crippen molar-refractivity contribution in [3.63, 3.8) is 0 Å². The summed E-state index contributed by atoms with van der Waals surface area (Å²) in [6.07, 6.45) is 0.914. The molecule has 5 nitrogen and oxygen atoms in total. The molecular weight excluding hydrogens is 214 g/mol. The Bertz CT molecular complexity index is 279. The van der Waals surface area contributed by atoms with Gasteiger partial charge in [0.25, 0.3) is 0 Å². The third-order valence-electron chi connectivity index (χ3n) is 2.54. The van der Waals surface area contributed by atoms with Crippen molar-refractivity contribution >= 4 is 10.0 Å². The predicted molar refractivity (Wildman–Crippen MR) is 61.4 cm³/mol. The van der Waals surface area contributed by atoms with Gasteiger partial charge in [0, 0.05) is 19.1 Å². The maximum absolute atomic E-state index is 11.6. The van der Waals surface area contributed by atoms with Crippen LogP contribution in [0.4, 0.5) is 0 Å². The monoisotopic (exact) mass is 235 g/mol. The minimum absolute atomic E-state index is 0.0987. The second-order valence-corrected chi connectivity index (χ2v) is 5.91. The van der Waals surface area contributed by atoms with Crippen molar-refractivity contribution in [1.29, 1.82) is 0 Å². The fourth-order valence-electron chi connectivity index (χ4n) is 1.73. The third-order valence-corrected chi connectivity index (χ3v) is 3.97. The van der Waals surface area contributed by atoms with Gasteiger partial charge >= 0.3 is 0 Å². The van der Waals surface area contributed by atoms with Gasteiger partial charge in [-0.25, -0.2) is 13.1 Å². The third kappa shape index (κ3) is 4.92. The molecule has 1 atom stereocenters. The zero-order valence-electron chi connectivity index (χ0n) is 9.49. The van der Waals surface area contributed by atoms with Crippen molar-refractivity contribution in [1.82, 2.24) is 14.9 Å². The fraction of sp³-hybridized carbons (Fsp3) is 1.00. The topological polar surface area (TPSA) is 61.4 Å². The Hall–Kier alpha value is -0.170. The van der Waals surface area contributed by atoms with E-state index in [4.69, 9.17) is 0 Å². The summed E-state index contributed by atoms with van der Waals surface area (Å²) in [5.41, 5.74) is 0. The highest BCUT2D eigenvalue weighted by atomic mass is 32.2. The summed E-state index contributed by atoms with van der Waals surface area (Å²) in [7, 11) is -1.09. The Morgan fingerprint density at radius 2 is 2.20 bits per heavy atom. The Morgan fingerprint density at radius 3 is 2.73 bits per heavy atom. The molecular formula is C9H21N3O2S. The predicted octanol–water partition coefficient (Wildman–Crippen LogP) is -0.781. The van der Waals surface area contributed by atoms with E-state index in [1.165, 1.54) is 0 Å². The number of sulfonamides is 1. The highest BCUT2D eigenvalue weighted by Crippen LogP contribution is 2.07. The van der Waals surface area contributed by atoms with Gasteiger partial charge in [0.1, 0.15) is 0 Å². The number of hydrogen-bond donors (Lipinski definition) is 2. The summed E-state index contributed by atoms with van der Waals surface area (Å²) in [4.78, 5) is 2.14. The molecule has 0 aromatic heterocycles. The molecule has 0 amide bonds. The Labute approximate surface area is 92.3 Å². The van der Waals surface area contributed by atoms with Gasteiger partial charge in [0.15, 0.2) is 0 Å². The van der Waals surface area contributed by atoms with Crippen LogP contribution in [0.1, 0.15) is 13.3 Å². The summed E-state index contributed by atoms with van der Waals surface area (Å²) >= 11 is 0. The smallest absolute Gasteiger partial charge is 0.213 e. The molecule has 0 aliphatic carbocycles. The molecule has 1 fully saturated rings. The van der Waals surface area contributed by atoms with E-state index < -0.39 is 10.0 Å². The second-order valence-electron chi connectivity index (χ2n) is 4.04. The van der Waals surface area contributed by atoms with Gasteiger partial charge in [0.05, 0.1) is 5.75 Å². The molecule has 0 spiro atoms. The molecule has 1 aliphatic heterocycles. The lowest BCUT2D eigenvalue weighted by Gasteiger charge is -2.13. The van der Waals surface area contributed by atoms with Crippen molar-refractivity contribution in [3.05, 3.63) is 0 Å². The van der Waals surface area contributed by atoms with E-state index in [1.54, 1.807) is 0 Å². The van der Waals surface area contributed by atoms with Crippen molar-refractivity contribution < 1.29 is 8.42 Å². The molecule has 0 radical (unpaired) electrons. The number of likely N-dealkylation sites (N-methyl/N-ethyl adjacent to an activating group) is 1. The lowest BCUT2D eigenvalue weighted by atomic mass is 10.3. The second kappa shape index (κ2) is 5.79. The molecule has 2 N–H and O–H groups in total. The molecule has 6 heteroatoms. The van der Waals surface area contributed by atoms with Crippen LogP contribution in [0, 0.1) is 0 Å². The molecule has 1 saturated heterocycles. The van der Waals surface area contributed by atoms with Gasteiger partial charge in [0.2, 0.25) is 10.0 Å². The van der Waals surface area contributed by atoms with Gasteiger partial charge in [-0.15, -0.1) is 0 Å². The average Bonchev–Trinajstić information content (AvgIpc) is 2.50. The molecule has 0 aromatic rings. The number of nitrogens with zero attached hydrogens (tertiary/aromatic N) is 1. The lowest BCUT2D eigenvalue weighted by molar-refractivity contribution is 0.407. The molecule has 0 aromatic carbocycles. The SMILES string of the molecule is CCNCCS(=O)(=O)NC1CCN(C)C1. The van der Waals surface area contributed by atoms with Crippen molar-refractivity contribution in [2.24, 2.45) is 0 Å². The summed E-state index contributed by atoms with van der Waals surface area (Å²) < 4.78 is 25.9. The van der Waals surface area contributed by atoms with Crippen molar-refractivity contribution in [3.8, 4) is 0 Å². The summed E-state index contributed by atoms with van der Waals surface area (Å²) in [5.74, 6) is 0.168. The van der Waals surface area contributed by atoms with Gasteiger partial charge in [-0.2, -0.15) is 0 Å². The molecule has 0 bridgehead atoms. The van der Waals surface area contributed by atoms with Crippen LogP contribution in [0.25, 0.3) is 0 Å². The highest BCUT2D eigenvalue weighted by molar-refractivity contribution is 7.89. The Balaban J connectivity index is 2.29. The molecule has 1 aliphatic rings. The maximum Gasteiger partial charge on any atom is 0.213 e. The number of hydrogen-bond acceptors (Lipinski definition) is 4. The molecule has 15 heavy (non-hydrogen) atoms. The number of likely N-dealkylation sites (tertiary alicyclic amines) is 1. The van der Waals surface area contributed by atoms with Gasteiger partial charge in [-0.1, -0.05) is 6.92 Å². The molecule has 90 valence electrons. The van der Waals surface area contributed by atoms with E-state index in [0.29, 0.717) is 6.54 Å². The molecule has 1 heterocycles. The summed E-state index contributed by atoms with van der Waals surface area (Å²) in [6, 6.07) is 0.0987. The Kier molecular flexibility index (Phi) is 4.98. The minimum atomic E-state index is -3.10. The number of rotatable bonds is 6. The van der Waals surface area contributed by atoms with Crippen LogP contribution in [0.15, 0.2) is 0 Å². The van der Waals surface area contributed by atoms with Crippen LogP contribution in [-0.4, -0.2) is 58.3 Å². The lowest BCUT2D eigenvalue weighted by Crippen LogP contribution is -2.39. The van der Waals surface area contributed by atoms with E-state index in [1.807, 2.05) is 14.0 Å². The van der Waals surface area contributed by atoms with Crippen LogP contribution < -0.4 is 10.0 Å². The first kappa shape index (κ1) is 12.9. The van der Waals surface area contributed by atoms with Gasteiger partial charge < -0.3 is 10.2 Å². The average molecular weight is 235 g/mol. The minimum Gasteiger partial charge on any atom is -0.316 e. The van der Waals surface area contributed by atoms with E-state index in [9.17, 15) is 8.42 Å². The summed E-state index contributed by atoms with van der Waals surface area (Å²) in [6.45, 7) is 5.09. The normalized spacial score (nSPS) is 23.5. The first-order valence-corrected chi connectivity index (χ1v) is 7.08. The standard InChI is InChI=1S/C9H21N3O2S/c1-3-10-5-7-15(13,14)11-9-4-6-12(2)8-9/h9-11H,3-8H2,1-2H3. The molecule has 1 rings (SSSR count).